The summed E-state index contributed by atoms with van der Waals surface area (Å²) < 4.78 is 17.0. The number of methoxy groups -OCH3 is 1. The number of hydrogen-bond donors (Lipinski definition) is 0. The third kappa shape index (κ3) is 3.65. The van der Waals surface area contributed by atoms with E-state index in [1.54, 1.807) is 19.5 Å². The van der Waals surface area contributed by atoms with E-state index in [0.717, 1.165) is 28.5 Å². The van der Waals surface area contributed by atoms with Crippen LogP contribution in [0, 0.1) is 0 Å². The molecule has 4 rings (SSSR count). The summed E-state index contributed by atoms with van der Waals surface area (Å²) in [6.07, 6.45) is 4.42. The SMILES string of the molecule is COc1nnc(Cc2c(Cl)cncc2Cl)c2cccc(OC3CCOC3)c12. The molecule has 2 aromatic heterocycles. The van der Waals surface area contributed by atoms with Crippen LogP contribution in [0.4, 0.5) is 0 Å². The van der Waals surface area contributed by atoms with Crippen molar-refractivity contribution in [1.29, 1.82) is 0 Å². The lowest BCUT2D eigenvalue weighted by Gasteiger charge is -2.16. The van der Waals surface area contributed by atoms with Gasteiger partial charge in [-0.25, -0.2) is 0 Å². The van der Waals surface area contributed by atoms with Crippen LogP contribution in [0.25, 0.3) is 10.8 Å². The summed E-state index contributed by atoms with van der Waals surface area (Å²) >= 11 is 12.6. The normalized spacial score (nSPS) is 16.6. The van der Waals surface area contributed by atoms with Gasteiger partial charge < -0.3 is 14.2 Å². The fourth-order valence-corrected chi connectivity index (χ4v) is 3.63. The van der Waals surface area contributed by atoms with E-state index in [1.807, 2.05) is 18.2 Å². The highest BCUT2D eigenvalue weighted by Crippen LogP contribution is 2.36. The Morgan fingerprint density at radius 2 is 2.00 bits per heavy atom. The first-order valence-electron chi connectivity index (χ1n) is 8.52. The van der Waals surface area contributed by atoms with E-state index in [9.17, 15) is 0 Å². The lowest BCUT2D eigenvalue weighted by atomic mass is 10.0. The summed E-state index contributed by atoms with van der Waals surface area (Å²) in [4.78, 5) is 4.00. The van der Waals surface area contributed by atoms with Crippen molar-refractivity contribution < 1.29 is 14.2 Å². The number of rotatable bonds is 5. The summed E-state index contributed by atoms with van der Waals surface area (Å²) in [5.41, 5.74) is 1.48. The third-order valence-electron chi connectivity index (χ3n) is 4.48. The first-order chi connectivity index (χ1) is 13.2. The Bertz CT molecular complexity index is 958. The second-order valence-electron chi connectivity index (χ2n) is 6.20. The van der Waals surface area contributed by atoms with Crippen LogP contribution < -0.4 is 9.47 Å². The second kappa shape index (κ2) is 7.84. The predicted octanol–water partition coefficient (Wildman–Crippen LogP) is 4.10. The molecule has 1 unspecified atom stereocenters. The molecule has 1 aromatic carbocycles. The highest BCUT2D eigenvalue weighted by Gasteiger charge is 2.21. The molecular formula is C19H17Cl2N3O3. The number of hydrogen-bond acceptors (Lipinski definition) is 6. The number of nitrogens with zero attached hydrogens (tertiary/aromatic N) is 3. The first-order valence-corrected chi connectivity index (χ1v) is 9.27. The van der Waals surface area contributed by atoms with Crippen molar-refractivity contribution in [2.45, 2.75) is 18.9 Å². The zero-order valence-corrected chi connectivity index (χ0v) is 16.1. The number of aromatic nitrogens is 3. The summed E-state index contributed by atoms with van der Waals surface area (Å²) in [7, 11) is 1.56. The molecule has 0 saturated carbocycles. The average molecular weight is 406 g/mol. The van der Waals surface area contributed by atoms with E-state index in [2.05, 4.69) is 15.2 Å². The Balaban J connectivity index is 1.80. The van der Waals surface area contributed by atoms with Crippen molar-refractivity contribution in [3.63, 3.8) is 0 Å². The zero-order valence-electron chi connectivity index (χ0n) is 14.6. The third-order valence-corrected chi connectivity index (χ3v) is 5.14. The van der Waals surface area contributed by atoms with E-state index < -0.39 is 0 Å². The quantitative estimate of drug-likeness (QED) is 0.636. The lowest BCUT2D eigenvalue weighted by molar-refractivity contribution is 0.142. The number of benzene rings is 1. The Hall–Kier alpha value is -2.15. The van der Waals surface area contributed by atoms with Gasteiger partial charge in [0.1, 0.15) is 11.9 Å². The standard InChI is InChI=1S/C19H17Cl2N3O3/c1-25-19-18-12(3-2-4-17(18)27-11-5-6-26-10-11)16(23-24-19)7-13-14(20)8-22-9-15(13)21/h2-4,8-9,11H,5-7,10H2,1H3. The van der Waals surface area contributed by atoms with Crippen molar-refractivity contribution >= 4 is 34.0 Å². The summed E-state index contributed by atoms with van der Waals surface area (Å²) in [5, 5.41) is 11.2. The monoisotopic (exact) mass is 405 g/mol. The molecule has 0 bridgehead atoms. The Morgan fingerprint density at radius 3 is 2.70 bits per heavy atom. The second-order valence-corrected chi connectivity index (χ2v) is 7.01. The number of fused-ring (bicyclic) bond motifs is 1. The van der Waals surface area contributed by atoms with Gasteiger partial charge >= 0.3 is 0 Å². The van der Waals surface area contributed by atoms with Crippen LogP contribution in [0.3, 0.4) is 0 Å². The highest BCUT2D eigenvalue weighted by molar-refractivity contribution is 6.35. The lowest BCUT2D eigenvalue weighted by Crippen LogP contribution is -2.16. The van der Waals surface area contributed by atoms with Crippen LogP contribution in [-0.4, -0.2) is 41.6 Å². The predicted molar refractivity (Wildman–Crippen MR) is 103 cm³/mol. The zero-order chi connectivity index (χ0) is 18.8. The maximum absolute atomic E-state index is 6.28. The van der Waals surface area contributed by atoms with Gasteiger partial charge in [-0.2, -0.15) is 5.10 Å². The molecule has 1 aliphatic rings. The minimum absolute atomic E-state index is 0.0148. The van der Waals surface area contributed by atoms with Gasteiger partial charge in [-0.3, -0.25) is 4.98 Å². The number of ether oxygens (including phenoxy) is 3. The van der Waals surface area contributed by atoms with E-state index in [-0.39, 0.29) is 6.10 Å². The molecule has 8 heteroatoms. The van der Waals surface area contributed by atoms with Gasteiger partial charge in [0.15, 0.2) is 0 Å². The van der Waals surface area contributed by atoms with E-state index in [1.165, 1.54) is 0 Å². The molecule has 1 atom stereocenters. The number of pyridine rings is 1. The Morgan fingerprint density at radius 1 is 1.19 bits per heavy atom. The summed E-state index contributed by atoms with van der Waals surface area (Å²) in [6, 6.07) is 5.79. The fraction of sp³-hybridized carbons (Fsp3) is 0.316. The smallest absolute Gasteiger partial charge is 0.244 e. The molecule has 27 heavy (non-hydrogen) atoms. The molecule has 140 valence electrons. The molecule has 3 aromatic rings. The Kier molecular flexibility index (Phi) is 5.29. The molecule has 6 nitrogen and oxygen atoms in total. The molecule has 1 fully saturated rings. The molecule has 0 spiro atoms. The van der Waals surface area contributed by atoms with Gasteiger partial charge in [0.05, 0.1) is 41.4 Å². The van der Waals surface area contributed by atoms with Crippen LogP contribution in [0.5, 0.6) is 11.6 Å². The molecule has 0 N–H and O–H groups in total. The van der Waals surface area contributed by atoms with Crippen LogP contribution in [0.15, 0.2) is 30.6 Å². The first kappa shape index (κ1) is 18.2. The maximum atomic E-state index is 6.28. The molecular weight excluding hydrogens is 389 g/mol. The van der Waals surface area contributed by atoms with Crippen molar-refractivity contribution in [2.75, 3.05) is 20.3 Å². The molecule has 1 saturated heterocycles. The van der Waals surface area contributed by atoms with Crippen LogP contribution >= 0.6 is 23.2 Å². The summed E-state index contributed by atoms with van der Waals surface area (Å²) in [6.45, 7) is 1.28. The van der Waals surface area contributed by atoms with Gasteiger partial charge in [0.2, 0.25) is 5.88 Å². The van der Waals surface area contributed by atoms with Gasteiger partial charge in [0.25, 0.3) is 0 Å². The van der Waals surface area contributed by atoms with Crippen molar-refractivity contribution in [2.24, 2.45) is 0 Å². The van der Waals surface area contributed by atoms with Crippen LogP contribution in [0.2, 0.25) is 10.0 Å². The van der Waals surface area contributed by atoms with E-state index >= 15 is 0 Å². The molecule has 3 heterocycles. The molecule has 0 aliphatic carbocycles. The van der Waals surface area contributed by atoms with Crippen LogP contribution in [0.1, 0.15) is 17.7 Å². The van der Waals surface area contributed by atoms with E-state index in [0.29, 0.717) is 41.3 Å². The molecule has 0 radical (unpaired) electrons. The largest absolute Gasteiger partial charge is 0.487 e. The van der Waals surface area contributed by atoms with Gasteiger partial charge in [-0.05, 0) is 11.6 Å². The average Bonchev–Trinajstić information content (AvgIpc) is 3.18. The highest BCUT2D eigenvalue weighted by atomic mass is 35.5. The van der Waals surface area contributed by atoms with E-state index in [4.69, 9.17) is 37.4 Å². The van der Waals surface area contributed by atoms with Gasteiger partial charge in [-0.1, -0.05) is 35.3 Å². The van der Waals surface area contributed by atoms with Crippen molar-refractivity contribution in [3.8, 4) is 11.6 Å². The van der Waals surface area contributed by atoms with Crippen molar-refractivity contribution in [1.82, 2.24) is 15.2 Å². The molecule has 0 amide bonds. The fourth-order valence-electron chi connectivity index (χ4n) is 3.13. The van der Waals surface area contributed by atoms with Crippen LogP contribution in [-0.2, 0) is 11.2 Å². The minimum atomic E-state index is 0.0148. The number of halogens is 2. The van der Waals surface area contributed by atoms with Gasteiger partial charge in [0, 0.05) is 30.6 Å². The molecule has 1 aliphatic heterocycles. The Labute approximate surface area is 166 Å². The maximum Gasteiger partial charge on any atom is 0.244 e. The van der Waals surface area contributed by atoms with Crippen molar-refractivity contribution in [3.05, 3.63) is 51.9 Å². The topological polar surface area (TPSA) is 66.4 Å². The minimum Gasteiger partial charge on any atom is -0.487 e. The summed E-state index contributed by atoms with van der Waals surface area (Å²) in [5.74, 6) is 1.11. The van der Waals surface area contributed by atoms with Gasteiger partial charge in [-0.15, -0.1) is 5.10 Å².